The zero-order valence-corrected chi connectivity index (χ0v) is 23.0. The number of amides is 2. The van der Waals surface area contributed by atoms with Crippen LogP contribution in [-0.2, 0) is 16.0 Å². The number of halogens is 2. The summed E-state index contributed by atoms with van der Waals surface area (Å²) in [6, 6.07) is 27.3. The predicted molar refractivity (Wildman–Crippen MR) is 155 cm³/mol. The summed E-state index contributed by atoms with van der Waals surface area (Å²) in [5.41, 5.74) is 2.51. The van der Waals surface area contributed by atoms with E-state index in [4.69, 9.17) is 23.2 Å². The van der Waals surface area contributed by atoms with Gasteiger partial charge >= 0.3 is 0 Å². The highest BCUT2D eigenvalue weighted by Crippen LogP contribution is 2.43. The molecule has 7 nitrogen and oxygen atoms in total. The molecule has 0 unspecified atom stereocenters. The van der Waals surface area contributed by atoms with Crippen molar-refractivity contribution in [3.05, 3.63) is 117 Å². The molecule has 1 N–H and O–H groups in total. The largest absolute Gasteiger partial charge is 0.306 e. The Morgan fingerprint density at radius 1 is 1.03 bits per heavy atom. The van der Waals surface area contributed by atoms with Crippen LogP contribution in [-0.4, -0.2) is 26.8 Å². The topological polar surface area (TPSA) is 91.0 Å². The van der Waals surface area contributed by atoms with Gasteiger partial charge in [-0.3, -0.25) is 14.5 Å². The minimum atomic E-state index is -0.646. The molecule has 1 saturated heterocycles. The van der Waals surface area contributed by atoms with E-state index < -0.39 is 11.2 Å². The van der Waals surface area contributed by atoms with Crippen LogP contribution < -0.4 is 10.2 Å². The molecule has 0 spiro atoms. The lowest BCUT2D eigenvalue weighted by molar-refractivity contribution is -0.117. The fourth-order valence-electron chi connectivity index (χ4n) is 4.24. The molecule has 0 radical (unpaired) electrons. The van der Waals surface area contributed by atoms with E-state index in [0.717, 1.165) is 17.4 Å². The molecule has 2 heterocycles. The van der Waals surface area contributed by atoms with Gasteiger partial charge in [-0.1, -0.05) is 83.5 Å². The van der Waals surface area contributed by atoms with E-state index in [1.165, 1.54) is 4.90 Å². The highest BCUT2D eigenvalue weighted by atomic mass is 35.5. The van der Waals surface area contributed by atoms with E-state index in [1.807, 2.05) is 55.5 Å². The third-order valence-corrected chi connectivity index (χ3v) is 8.15. The number of nitrogens with zero attached hydrogens (tertiary/aromatic N) is 4. The van der Waals surface area contributed by atoms with E-state index in [2.05, 4.69) is 10.4 Å². The molecule has 3 aromatic carbocycles. The van der Waals surface area contributed by atoms with Crippen molar-refractivity contribution in [2.45, 2.75) is 18.6 Å². The normalized spacial score (nSPS) is 16.2. The molecular weight excluding hydrogens is 553 g/mol. The molecule has 5 rings (SSSR count). The molecule has 0 aliphatic carbocycles. The van der Waals surface area contributed by atoms with Gasteiger partial charge in [-0.2, -0.15) is 10.4 Å². The molecule has 1 aliphatic rings. The first-order valence-corrected chi connectivity index (χ1v) is 13.6. The lowest BCUT2D eigenvalue weighted by atomic mass is 10.1. The second-order valence-electron chi connectivity index (χ2n) is 8.70. The zero-order chi connectivity index (χ0) is 27.5. The molecule has 0 bridgehead atoms. The van der Waals surface area contributed by atoms with Crippen LogP contribution in [0.5, 0.6) is 0 Å². The standard InChI is InChI=1S/C29H21Cl2N5O2S/c1-18-15-25(36(34-18)21-12-6-3-7-13-21)33-27(37)22(17-32)29-35(20-10-4-2-5-11-20)28(38)24(39-29)16-19-9-8-14-23(30)26(19)31/h2-15,24H,16H2,1H3,(H,33,37)/b29-22+/t24-/m1/s1. The minimum absolute atomic E-state index is 0.185. The first-order valence-electron chi connectivity index (χ1n) is 11.9. The number of rotatable bonds is 6. The van der Waals surface area contributed by atoms with Gasteiger partial charge in [0.2, 0.25) is 5.91 Å². The van der Waals surface area contributed by atoms with Crippen LogP contribution in [0, 0.1) is 18.3 Å². The van der Waals surface area contributed by atoms with Crippen LogP contribution in [0.1, 0.15) is 11.3 Å². The molecule has 4 aromatic rings. The molecule has 194 valence electrons. The second kappa shape index (κ2) is 11.4. The van der Waals surface area contributed by atoms with Gasteiger partial charge in [-0.15, -0.1) is 0 Å². The van der Waals surface area contributed by atoms with Gasteiger partial charge in [0.15, 0.2) is 0 Å². The van der Waals surface area contributed by atoms with Gasteiger partial charge in [-0.05, 0) is 49.2 Å². The molecule has 1 fully saturated rings. The predicted octanol–water partition coefficient (Wildman–Crippen LogP) is 6.55. The number of aryl methyl sites for hydroxylation is 1. The lowest BCUT2D eigenvalue weighted by Crippen LogP contribution is -2.31. The lowest BCUT2D eigenvalue weighted by Gasteiger charge is -2.18. The molecule has 0 saturated carbocycles. The van der Waals surface area contributed by atoms with E-state index in [1.54, 1.807) is 47.1 Å². The maximum Gasteiger partial charge on any atom is 0.270 e. The molecule has 39 heavy (non-hydrogen) atoms. The molecule has 10 heteroatoms. The SMILES string of the molecule is Cc1cc(NC(=O)/C(C#N)=C2/S[C@H](Cc3cccc(Cl)c3Cl)C(=O)N2c2ccccc2)n(-c2ccccc2)n1. The number of carbonyl (C=O) groups excluding carboxylic acids is 2. The van der Waals surface area contributed by atoms with Gasteiger partial charge in [0.05, 0.1) is 26.7 Å². The van der Waals surface area contributed by atoms with Gasteiger partial charge in [0.1, 0.15) is 22.5 Å². The Morgan fingerprint density at radius 3 is 2.36 bits per heavy atom. The van der Waals surface area contributed by atoms with E-state index >= 15 is 0 Å². The quantitative estimate of drug-likeness (QED) is 0.208. The molecule has 2 amide bonds. The fraction of sp³-hybridized carbons (Fsp3) is 0.103. The summed E-state index contributed by atoms with van der Waals surface area (Å²) in [6.45, 7) is 1.81. The summed E-state index contributed by atoms with van der Waals surface area (Å²) < 4.78 is 1.60. The highest BCUT2D eigenvalue weighted by molar-refractivity contribution is 8.05. The number of hydrogen-bond acceptors (Lipinski definition) is 5. The molecule has 1 aliphatic heterocycles. The number of aromatic nitrogens is 2. The van der Waals surface area contributed by atoms with Crippen molar-refractivity contribution < 1.29 is 9.59 Å². The summed E-state index contributed by atoms with van der Waals surface area (Å²) in [7, 11) is 0. The summed E-state index contributed by atoms with van der Waals surface area (Å²) in [6.07, 6.45) is 0.274. The van der Waals surface area contributed by atoms with Gasteiger partial charge in [0, 0.05) is 11.8 Å². The summed E-state index contributed by atoms with van der Waals surface area (Å²) >= 11 is 13.8. The maximum atomic E-state index is 13.7. The molecular formula is C29H21Cl2N5O2S. The zero-order valence-electron chi connectivity index (χ0n) is 20.6. The third kappa shape index (κ3) is 5.43. The second-order valence-corrected chi connectivity index (χ2v) is 10.7. The number of nitriles is 1. The van der Waals surface area contributed by atoms with Gasteiger partial charge in [-0.25, -0.2) is 4.68 Å². The smallest absolute Gasteiger partial charge is 0.270 e. The number of thioether (sulfide) groups is 1. The van der Waals surface area contributed by atoms with Crippen LogP contribution >= 0.6 is 35.0 Å². The number of benzene rings is 3. The summed E-state index contributed by atoms with van der Waals surface area (Å²) in [5, 5.41) is 17.8. The monoisotopic (exact) mass is 573 g/mol. The van der Waals surface area contributed by atoms with Crippen molar-refractivity contribution in [2.75, 3.05) is 10.2 Å². The van der Waals surface area contributed by atoms with Gasteiger partial charge in [0.25, 0.3) is 5.91 Å². The van der Waals surface area contributed by atoms with Crippen LogP contribution in [0.2, 0.25) is 10.0 Å². The minimum Gasteiger partial charge on any atom is -0.306 e. The van der Waals surface area contributed by atoms with E-state index in [0.29, 0.717) is 32.8 Å². The van der Waals surface area contributed by atoms with Crippen molar-refractivity contribution >= 4 is 58.3 Å². The third-order valence-electron chi connectivity index (χ3n) is 6.03. The van der Waals surface area contributed by atoms with Crippen molar-refractivity contribution in [3.8, 4) is 11.8 Å². The number of carbonyl (C=O) groups is 2. The number of para-hydroxylation sites is 2. The Labute approximate surface area is 239 Å². The van der Waals surface area contributed by atoms with Crippen molar-refractivity contribution in [2.24, 2.45) is 0 Å². The molecule has 1 atom stereocenters. The Balaban J connectivity index is 1.53. The number of hydrogen-bond donors (Lipinski definition) is 1. The summed E-state index contributed by atoms with van der Waals surface area (Å²) in [4.78, 5) is 28.7. The Kier molecular flexibility index (Phi) is 7.75. The maximum absolute atomic E-state index is 13.7. The highest BCUT2D eigenvalue weighted by Gasteiger charge is 2.41. The fourth-order valence-corrected chi connectivity index (χ4v) is 5.93. The van der Waals surface area contributed by atoms with Crippen molar-refractivity contribution in [1.29, 1.82) is 5.26 Å². The first kappa shape index (κ1) is 26.6. The van der Waals surface area contributed by atoms with Gasteiger partial charge < -0.3 is 5.32 Å². The Morgan fingerprint density at radius 2 is 1.69 bits per heavy atom. The average Bonchev–Trinajstić information content (AvgIpc) is 3.46. The van der Waals surface area contributed by atoms with Crippen molar-refractivity contribution in [3.63, 3.8) is 0 Å². The number of anilines is 2. The van der Waals surface area contributed by atoms with E-state index in [9.17, 15) is 14.9 Å². The first-order chi connectivity index (χ1) is 18.9. The Hall–Kier alpha value is -4.03. The Bertz CT molecular complexity index is 1630. The van der Waals surface area contributed by atoms with E-state index in [-0.39, 0.29) is 22.9 Å². The molecule has 1 aromatic heterocycles. The summed E-state index contributed by atoms with van der Waals surface area (Å²) in [5.74, 6) is -0.505. The number of nitrogens with one attached hydrogen (secondary N) is 1. The average molecular weight is 574 g/mol. The van der Waals surface area contributed by atoms with Crippen LogP contribution in [0.15, 0.2) is 95.5 Å². The van der Waals surface area contributed by atoms with Crippen molar-refractivity contribution in [1.82, 2.24) is 9.78 Å². The van der Waals surface area contributed by atoms with Crippen LogP contribution in [0.25, 0.3) is 5.69 Å². The van der Waals surface area contributed by atoms with Crippen LogP contribution in [0.4, 0.5) is 11.5 Å². The van der Waals surface area contributed by atoms with Crippen LogP contribution in [0.3, 0.4) is 0 Å².